The molecular formula is C12H21NO4S. The standard InChI is InChI=1S/C12H21NO4S/c1-7(2)12(16)18-6-10(13-9(5)14)11(15)17-8(3)4/h7-8,10H,6H2,1-5H3,(H,13,14)/t10-/m0/s1. The van der Waals surface area contributed by atoms with E-state index in [-0.39, 0.29) is 28.8 Å². The summed E-state index contributed by atoms with van der Waals surface area (Å²) in [6, 6.07) is -0.780. The van der Waals surface area contributed by atoms with Crippen molar-refractivity contribution in [1.29, 1.82) is 0 Å². The molecule has 18 heavy (non-hydrogen) atoms. The lowest BCUT2D eigenvalue weighted by Gasteiger charge is -2.18. The topological polar surface area (TPSA) is 72.5 Å². The van der Waals surface area contributed by atoms with Crippen LogP contribution < -0.4 is 5.32 Å². The number of hydrogen-bond acceptors (Lipinski definition) is 5. The summed E-state index contributed by atoms with van der Waals surface area (Å²) in [6.07, 6.45) is -0.250. The molecule has 0 radical (unpaired) electrons. The first-order valence-electron chi connectivity index (χ1n) is 5.88. The molecule has 0 rings (SSSR count). The number of carbonyl (C=O) groups is 3. The summed E-state index contributed by atoms with van der Waals surface area (Å²) < 4.78 is 5.03. The van der Waals surface area contributed by atoms with Crippen molar-refractivity contribution in [3.63, 3.8) is 0 Å². The molecule has 0 unspecified atom stereocenters. The normalized spacial score (nSPS) is 12.4. The molecular weight excluding hydrogens is 254 g/mol. The van der Waals surface area contributed by atoms with E-state index >= 15 is 0 Å². The van der Waals surface area contributed by atoms with E-state index < -0.39 is 12.0 Å². The number of ether oxygens (including phenoxy) is 1. The highest BCUT2D eigenvalue weighted by Gasteiger charge is 2.23. The molecule has 0 heterocycles. The average molecular weight is 275 g/mol. The molecule has 5 nitrogen and oxygen atoms in total. The number of rotatable bonds is 6. The second-order valence-electron chi connectivity index (χ2n) is 4.52. The maximum Gasteiger partial charge on any atom is 0.329 e. The minimum Gasteiger partial charge on any atom is -0.461 e. The van der Waals surface area contributed by atoms with E-state index in [2.05, 4.69) is 5.32 Å². The van der Waals surface area contributed by atoms with Crippen molar-refractivity contribution >= 4 is 28.8 Å². The third-order valence-electron chi connectivity index (χ3n) is 1.88. The van der Waals surface area contributed by atoms with Crippen LogP contribution >= 0.6 is 11.8 Å². The molecule has 0 aromatic rings. The van der Waals surface area contributed by atoms with Crippen LogP contribution in [0.1, 0.15) is 34.6 Å². The SMILES string of the molecule is CC(=O)N[C@@H](CSC(=O)C(C)C)C(=O)OC(C)C. The lowest BCUT2D eigenvalue weighted by Crippen LogP contribution is -2.43. The van der Waals surface area contributed by atoms with Gasteiger partial charge in [0.1, 0.15) is 6.04 Å². The summed E-state index contributed by atoms with van der Waals surface area (Å²) in [5.41, 5.74) is 0. The highest BCUT2D eigenvalue weighted by Crippen LogP contribution is 2.12. The molecule has 0 saturated carbocycles. The van der Waals surface area contributed by atoms with Gasteiger partial charge in [-0.2, -0.15) is 0 Å². The van der Waals surface area contributed by atoms with Gasteiger partial charge >= 0.3 is 5.97 Å². The Morgan fingerprint density at radius 1 is 1.17 bits per heavy atom. The maximum absolute atomic E-state index is 11.7. The van der Waals surface area contributed by atoms with E-state index in [0.29, 0.717) is 0 Å². The van der Waals surface area contributed by atoms with Crippen molar-refractivity contribution in [3.05, 3.63) is 0 Å². The smallest absolute Gasteiger partial charge is 0.329 e. The Balaban J connectivity index is 4.44. The van der Waals surface area contributed by atoms with Gasteiger partial charge in [-0.15, -0.1) is 0 Å². The Labute approximate surface area is 112 Å². The Morgan fingerprint density at radius 2 is 1.72 bits per heavy atom. The fourth-order valence-electron chi connectivity index (χ4n) is 1.06. The van der Waals surface area contributed by atoms with Gasteiger partial charge in [-0.05, 0) is 13.8 Å². The van der Waals surface area contributed by atoms with Crippen LogP contribution in [0.5, 0.6) is 0 Å². The van der Waals surface area contributed by atoms with Gasteiger partial charge in [0, 0.05) is 18.6 Å². The molecule has 1 N–H and O–H groups in total. The zero-order chi connectivity index (χ0) is 14.3. The van der Waals surface area contributed by atoms with Crippen LogP contribution in [0.2, 0.25) is 0 Å². The van der Waals surface area contributed by atoms with E-state index in [1.165, 1.54) is 6.92 Å². The summed E-state index contributed by atoms with van der Waals surface area (Å²) in [5.74, 6) is -0.737. The minimum atomic E-state index is -0.780. The Morgan fingerprint density at radius 3 is 2.11 bits per heavy atom. The van der Waals surface area contributed by atoms with Crippen LogP contribution in [-0.4, -0.2) is 34.9 Å². The van der Waals surface area contributed by atoms with E-state index in [4.69, 9.17) is 4.74 Å². The van der Waals surface area contributed by atoms with Crippen LogP contribution in [0.15, 0.2) is 0 Å². The number of nitrogens with one attached hydrogen (secondary N) is 1. The average Bonchev–Trinajstić information content (AvgIpc) is 2.21. The Hall–Kier alpha value is -1.04. The van der Waals surface area contributed by atoms with E-state index in [1.807, 2.05) is 0 Å². The molecule has 0 spiro atoms. The quantitative estimate of drug-likeness (QED) is 0.741. The highest BCUT2D eigenvalue weighted by molar-refractivity contribution is 8.13. The highest BCUT2D eigenvalue weighted by atomic mass is 32.2. The van der Waals surface area contributed by atoms with E-state index in [1.54, 1.807) is 27.7 Å². The molecule has 0 aliphatic heterocycles. The first kappa shape index (κ1) is 17.0. The summed E-state index contributed by atoms with van der Waals surface area (Å²) in [5, 5.41) is 2.48. The first-order chi connectivity index (χ1) is 8.23. The summed E-state index contributed by atoms with van der Waals surface area (Å²) in [4.78, 5) is 34.2. The Kier molecular flexibility index (Phi) is 7.66. The van der Waals surface area contributed by atoms with Gasteiger partial charge in [0.05, 0.1) is 6.10 Å². The van der Waals surface area contributed by atoms with Crippen LogP contribution in [0.3, 0.4) is 0 Å². The van der Waals surface area contributed by atoms with Crippen molar-refractivity contribution < 1.29 is 19.1 Å². The molecule has 0 aliphatic rings. The maximum atomic E-state index is 11.7. The van der Waals surface area contributed by atoms with Gasteiger partial charge in [0.2, 0.25) is 5.91 Å². The molecule has 0 aliphatic carbocycles. The van der Waals surface area contributed by atoms with E-state index in [0.717, 1.165) is 11.8 Å². The van der Waals surface area contributed by atoms with Gasteiger partial charge in [-0.3, -0.25) is 9.59 Å². The fourth-order valence-corrected chi connectivity index (χ4v) is 1.94. The van der Waals surface area contributed by atoms with Crippen LogP contribution in [0.25, 0.3) is 0 Å². The predicted molar refractivity (Wildman–Crippen MR) is 71.1 cm³/mol. The minimum absolute atomic E-state index is 0.0114. The molecule has 0 aromatic carbocycles. The lowest BCUT2D eigenvalue weighted by atomic mass is 10.3. The monoisotopic (exact) mass is 275 g/mol. The fraction of sp³-hybridized carbons (Fsp3) is 0.750. The molecule has 1 atom stereocenters. The van der Waals surface area contributed by atoms with Crippen molar-refractivity contribution in [1.82, 2.24) is 5.32 Å². The molecule has 0 bridgehead atoms. The number of hydrogen-bond donors (Lipinski definition) is 1. The third-order valence-corrected chi connectivity index (χ3v) is 3.13. The number of thioether (sulfide) groups is 1. The zero-order valence-corrected chi connectivity index (χ0v) is 12.3. The molecule has 0 aromatic heterocycles. The lowest BCUT2D eigenvalue weighted by molar-refractivity contribution is -0.150. The molecule has 1 amide bonds. The van der Waals surface area contributed by atoms with Gasteiger partial charge in [-0.25, -0.2) is 4.79 Å². The van der Waals surface area contributed by atoms with Gasteiger partial charge < -0.3 is 10.1 Å². The molecule has 104 valence electrons. The predicted octanol–water partition coefficient (Wildman–Crippen LogP) is 1.36. The van der Waals surface area contributed by atoms with E-state index in [9.17, 15) is 14.4 Å². The third kappa shape index (κ3) is 7.32. The summed E-state index contributed by atoms with van der Waals surface area (Å²) in [7, 11) is 0. The van der Waals surface area contributed by atoms with Crippen LogP contribution in [0, 0.1) is 5.92 Å². The van der Waals surface area contributed by atoms with Crippen LogP contribution in [-0.2, 0) is 19.1 Å². The number of amides is 1. The molecule has 6 heteroatoms. The number of esters is 1. The van der Waals surface area contributed by atoms with Crippen molar-refractivity contribution in [2.75, 3.05) is 5.75 Å². The summed E-state index contributed by atoms with van der Waals surface area (Å²) in [6.45, 7) is 8.36. The first-order valence-corrected chi connectivity index (χ1v) is 6.86. The molecule has 0 saturated heterocycles. The van der Waals surface area contributed by atoms with Crippen molar-refractivity contribution in [3.8, 4) is 0 Å². The summed E-state index contributed by atoms with van der Waals surface area (Å²) >= 11 is 1.04. The largest absolute Gasteiger partial charge is 0.461 e. The van der Waals surface area contributed by atoms with Gasteiger partial charge in [0.25, 0.3) is 0 Å². The van der Waals surface area contributed by atoms with Gasteiger partial charge in [0.15, 0.2) is 5.12 Å². The van der Waals surface area contributed by atoms with Gasteiger partial charge in [-0.1, -0.05) is 25.6 Å². The zero-order valence-electron chi connectivity index (χ0n) is 11.5. The molecule has 0 fully saturated rings. The van der Waals surface area contributed by atoms with Crippen LogP contribution in [0.4, 0.5) is 0 Å². The Bertz CT molecular complexity index is 315. The second kappa shape index (κ2) is 8.13. The van der Waals surface area contributed by atoms with Crippen molar-refractivity contribution in [2.45, 2.75) is 46.8 Å². The second-order valence-corrected chi connectivity index (χ2v) is 5.55. The number of carbonyl (C=O) groups excluding carboxylic acids is 3. The van der Waals surface area contributed by atoms with Crippen molar-refractivity contribution in [2.24, 2.45) is 5.92 Å².